The van der Waals surface area contributed by atoms with E-state index < -0.39 is 11.6 Å². The van der Waals surface area contributed by atoms with Crippen LogP contribution in [0.2, 0.25) is 0 Å². The number of ketones is 2. The van der Waals surface area contributed by atoms with Gasteiger partial charge in [-0.15, -0.1) is 13.2 Å². The van der Waals surface area contributed by atoms with E-state index in [1.165, 1.54) is 24.3 Å². The van der Waals surface area contributed by atoms with Gasteiger partial charge in [0.05, 0.1) is 24.3 Å². The highest BCUT2D eigenvalue weighted by Gasteiger charge is 2.16. The predicted molar refractivity (Wildman–Crippen MR) is 231 cm³/mol. The summed E-state index contributed by atoms with van der Waals surface area (Å²) >= 11 is 6.65. The Labute approximate surface area is 348 Å². The third kappa shape index (κ3) is 17.0. The van der Waals surface area contributed by atoms with E-state index >= 15 is 0 Å². The largest absolute Gasteiger partial charge is 0.493 e. The number of unbranched alkanes of at least 4 members (excludes halogenated alkanes) is 6. The summed E-state index contributed by atoms with van der Waals surface area (Å²) in [5.74, 6) is -0.881. The Balaban J connectivity index is 0.000000300. The molecule has 0 unspecified atom stereocenters. The summed E-state index contributed by atoms with van der Waals surface area (Å²) in [7, 11) is 4.18. The van der Waals surface area contributed by atoms with Crippen molar-refractivity contribution in [2.75, 3.05) is 53.5 Å². The smallest absolute Gasteiger partial charge is 0.195 e. The molecule has 4 aromatic rings. The standard InChI is InChI=1S/2C23H27BrFNO2/c2*1-3-14-26(2)15-6-4-5-7-16-28-20-12-13-21(22(25)17-20)23(27)18-8-10-19(24)11-9-18/h2*3,8-13,17H,1,4-7,14-16H2,2H3. The van der Waals surface area contributed by atoms with Crippen molar-refractivity contribution in [3.63, 3.8) is 0 Å². The predicted octanol–water partition coefficient (Wildman–Crippen LogP) is 11.8. The normalized spacial score (nSPS) is 10.9. The van der Waals surface area contributed by atoms with Gasteiger partial charge in [-0.1, -0.05) is 69.7 Å². The molecule has 4 aromatic carbocycles. The number of halogens is 4. The van der Waals surface area contributed by atoms with Crippen LogP contribution in [0.3, 0.4) is 0 Å². The first-order valence-electron chi connectivity index (χ1n) is 19.1. The van der Waals surface area contributed by atoms with Gasteiger partial charge in [0.15, 0.2) is 11.6 Å². The van der Waals surface area contributed by atoms with Crippen LogP contribution in [0.25, 0.3) is 0 Å². The van der Waals surface area contributed by atoms with Crippen LogP contribution < -0.4 is 9.47 Å². The summed E-state index contributed by atoms with van der Waals surface area (Å²) in [5, 5.41) is 0. The van der Waals surface area contributed by atoms with Crippen LogP contribution in [-0.4, -0.2) is 74.9 Å². The Morgan fingerprint density at radius 1 is 0.571 bits per heavy atom. The van der Waals surface area contributed by atoms with Crippen molar-refractivity contribution in [3.8, 4) is 11.5 Å². The molecular formula is C46H54Br2F2N2O4. The summed E-state index contributed by atoms with van der Waals surface area (Å²) in [6.45, 7) is 12.5. The molecule has 6 nitrogen and oxygen atoms in total. The average molecular weight is 897 g/mol. The first-order valence-corrected chi connectivity index (χ1v) is 20.6. The molecule has 0 bridgehead atoms. The molecule has 0 atom stereocenters. The Hall–Kier alpha value is -3.96. The topological polar surface area (TPSA) is 59.1 Å². The molecule has 300 valence electrons. The second kappa shape index (κ2) is 26.1. The van der Waals surface area contributed by atoms with Gasteiger partial charge in [0.1, 0.15) is 23.1 Å². The van der Waals surface area contributed by atoms with Crippen molar-refractivity contribution >= 4 is 43.4 Å². The number of hydrogen-bond acceptors (Lipinski definition) is 6. The SMILES string of the molecule is C=CCN(C)CCCCCCOc1ccc(C(=O)c2ccc(Br)cc2)c(F)c1.C=CCN(C)CCCCCCOc1ccc(C(=O)c2ccc(Br)cc2)c(F)c1. The van der Waals surface area contributed by atoms with Gasteiger partial charge in [-0.2, -0.15) is 0 Å². The summed E-state index contributed by atoms with van der Waals surface area (Å²) in [5.41, 5.74) is 1.01. The maximum atomic E-state index is 14.4. The maximum absolute atomic E-state index is 14.4. The van der Waals surface area contributed by atoms with Gasteiger partial charge in [0.25, 0.3) is 0 Å². The zero-order chi connectivity index (χ0) is 40.7. The molecule has 0 amide bonds. The summed E-state index contributed by atoms with van der Waals surface area (Å²) < 4.78 is 41.7. The summed E-state index contributed by atoms with van der Waals surface area (Å²) in [6, 6.07) is 22.6. The minimum atomic E-state index is -0.560. The van der Waals surface area contributed by atoms with Gasteiger partial charge in [-0.05, 0) is 126 Å². The number of carbonyl (C=O) groups is 2. The number of likely N-dealkylation sites (N-methyl/N-ethyl adjacent to an activating group) is 2. The van der Waals surface area contributed by atoms with Gasteiger partial charge in [-0.3, -0.25) is 9.59 Å². The Bertz CT molecular complexity index is 1690. The molecule has 0 radical (unpaired) electrons. The van der Waals surface area contributed by atoms with Gasteiger partial charge in [-0.25, -0.2) is 8.78 Å². The molecule has 10 heteroatoms. The van der Waals surface area contributed by atoms with Crippen molar-refractivity contribution in [2.24, 2.45) is 0 Å². The number of hydrogen-bond donors (Lipinski definition) is 0. The van der Waals surface area contributed by atoms with Gasteiger partial charge >= 0.3 is 0 Å². The lowest BCUT2D eigenvalue weighted by Crippen LogP contribution is -2.19. The van der Waals surface area contributed by atoms with Crippen molar-refractivity contribution in [1.82, 2.24) is 9.80 Å². The molecule has 0 saturated carbocycles. The van der Waals surface area contributed by atoms with E-state index in [0.717, 1.165) is 86.5 Å². The maximum Gasteiger partial charge on any atom is 0.195 e. The minimum Gasteiger partial charge on any atom is -0.493 e. The number of rotatable bonds is 24. The number of ether oxygens (including phenoxy) is 2. The molecule has 0 aliphatic rings. The highest BCUT2D eigenvalue weighted by Crippen LogP contribution is 2.23. The van der Waals surface area contributed by atoms with Crippen LogP contribution >= 0.6 is 31.9 Å². The van der Waals surface area contributed by atoms with Crippen molar-refractivity contribution in [2.45, 2.75) is 51.4 Å². The molecular weight excluding hydrogens is 842 g/mol. The quantitative estimate of drug-likeness (QED) is 0.0397. The molecule has 0 aromatic heterocycles. The Kier molecular flexibility index (Phi) is 21.6. The van der Waals surface area contributed by atoms with Crippen LogP contribution in [0.15, 0.2) is 119 Å². The zero-order valence-corrected chi connectivity index (χ0v) is 35.8. The van der Waals surface area contributed by atoms with Crippen molar-refractivity contribution < 1.29 is 27.8 Å². The van der Waals surface area contributed by atoms with Crippen molar-refractivity contribution in [1.29, 1.82) is 0 Å². The molecule has 0 aliphatic carbocycles. The van der Waals surface area contributed by atoms with E-state index in [1.54, 1.807) is 60.7 Å². The van der Waals surface area contributed by atoms with Gasteiger partial charge in [0, 0.05) is 45.3 Å². The third-order valence-corrected chi connectivity index (χ3v) is 9.93. The average Bonchev–Trinajstić information content (AvgIpc) is 3.18. The highest BCUT2D eigenvalue weighted by molar-refractivity contribution is 9.10. The monoisotopic (exact) mass is 894 g/mol. The fourth-order valence-electron chi connectivity index (χ4n) is 5.73. The molecule has 0 N–H and O–H groups in total. The van der Waals surface area contributed by atoms with Crippen LogP contribution in [0.4, 0.5) is 8.78 Å². The van der Waals surface area contributed by atoms with E-state index in [9.17, 15) is 18.4 Å². The van der Waals surface area contributed by atoms with Crippen LogP contribution in [0, 0.1) is 11.6 Å². The van der Waals surface area contributed by atoms with Crippen LogP contribution in [0.5, 0.6) is 11.5 Å². The first kappa shape index (κ1) is 46.4. The molecule has 0 spiro atoms. The lowest BCUT2D eigenvalue weighted by atomic mass is 10.0. The second-order valence-corrected chi connectivity index (χ2v) is 15.4. The summed E-state index contributed by atoms with van der Waals surface area (Å²) in [6.07, 6.45) is 12.4. The molecule has 0 saturated heterocycles. The first-order chi connectivity index (χ1) is 27.0. The van der Waals surface area contributed by atoms with Crippen LogP contribution in [0.1, 0.15) is 83.2 Å². The van der Waals surface area contributed by atoms with Crippen LogP contribution in [-0.2, 0) is 0 Å². The van der Waals surface area contributed by atoms with Crippen molar-refractivity contribution in [3.05, 3.63) is 153 Å². The third-order valence-electron chi connectivity index (χ3n) is 8.87. The number of nitrogens with zero attached hydrogens (tertiary/aromatic N) is 2. The minimum absolute atomic E-state index is 0.0540. The number of carbonyl (C=O) groups excluding carboxylic acids is 2. The Morgan fingerprint density at radius 3 is 1.27 bits per heavy atom. The molecule has 0 fully saturated rings. The summed E-state index contributed by atoms with van der Waals surface area (Å²) in [4.78, 5) is 29.3. The Morgan fingerprint density at radius 2 is 0.929 bits per heavy atom. The lowest BCUT2D eigenvalue weighted by molar-refractivity contribution is 0.102. The molecule has 56 heavy (non-hydrogen) atoms. The molecule has 4 rings (SSSR count). The highest BCUT2D eigenvalue weighted by atomic mass is 79.9. The van der Waals surface area contributed by atoms with E-state index in [0.29, 0.717) is 35.8 Å². The fraction of sp³-hybridized carbons (Fsp3) is 0.348. The molecule has 0 aliphatic heterocycles. The number of benzene rings is 4. The molecule has 0 heterocycles. The zero-order valence-electron chi connectivity index (χ0n) is 32.6. The lowest BCUT2D eigenvalue weighted by Gasteiger charge is -2.13. The van der Waals surface area contributed by atoms with E-state index in [-0.39, 0.29) is 22.7 Å². The van der Waals surface area contributed by atoms with E-state index in [4.69, 9.17) is 9.47 Å². The fourth-order valence-corrected chi connectivity index (χ4v) is 6.26. The second-order valence-electron chi connectivity index (χ2n) is 13.6. The van der Waals surface area contributed by atoms with Gasteiger partial charge in [0.2, 0.25) is 0 Å². The van der Waals surface area contributed by atoms with E-state index in [1.807, 2.05) is 12.2 Å². The van der Waals surface area contributed by atoms with E-state index in [2.05, 4.69) is 68.9 Å². The van der Waals surface area contributed by atoms with Gasteiger partial charge < -0.3 is 19.3 Å².